The number of aliphatic hydroxyl groups excluding tert-OH is 1. The smallest absolute Gasteiger partial charge is 0.141 e. The quantitative estimate of drug-likeness (QED) is 0.711. The summed E-state index contributed by atoms with van der Waals surface area (Å²) in [5.41, 5.74) is 1.98. The lowest BCUT2D eigenvalue weighted by atomic mass is 10.0. The zero-order valence-electron chi connectivity index (χ0n) is 8.39. The zero-order valence-corrected chi connectivity index (χ0v) is 8.39. The number of anilines is 1. The summed E-state index contributed by atoms with van der Waals surface area (Å²) in [6, 6.07) is 7.51. The Morgan fingerprint density at radius 3 is 3.07 bits per heavy atom. The topological polar surface area (TPSA) is 52.6 Å². The molecule has 0 spiro atoms. The molecule has 1 aliphatic heterocycles. The predicted molar refractivity (Wildman–Crippen MR) is 57.5 cm³/mol. The van der Waals surface area contributed by atoms with Gasteiger partial charge in [0, 0.05) is 12.2 Å². The van der Waals surface area contributed by atoms with Crippen molar-refractivity contribution in [2.45, 2.75) is 6.04 Å². The van der Waals surface area contributed by atoms with E-state index in [2.05, 4.69) is 5.32 Å². The molecule has 1 unspecified atom stereocenters. The average Bonchev–Trinajstić information content (AvgIpc) is 2.29. The van der Waals surface area contributed by atoms with Gasteiger partial charge in [0.05, 0.1) is 19.3 Å². The van der Waals surface area contributed by atoms with Gasteiger partial charge in [-0.25, -0.2) is 0 Å². The number of aldehydes is 1. The van der Waals surface area contributed by atoms with Gasteiger partial charge >= 0.3 is 0 Å². The first-order valence-corrected chi connectivity index (χ1v) is 5.00. The number of fused-ring (bicyclic) bond motifs is 1. The highest BCUT2D eigenvalue weighted by Crippen LogP contribution is 2.29. The number of nitrogens with zero attached hydrogens (tertiary/aromatic N) is 1. The number of hydrogen-bond acceptors (Lipinski definition) is 4. The summed E-state index contributed by atoms with van der Waals surface area (Å²) in [7, 11) is 0. The molecule has 0 bridgehead atoms. The first kappa shape index (κ1) is 10.1. The number of rotatable bonds is 3. The van der Waals surface area contributed by atoms with E-state index in [0.717, 1.165) is 17.5 Å². The Bertz CT molecular complexity index is 354. The fourth-order valence-corrected chi connectivity index (χ4v) is 1.90. The van der Waals surface area contributed by atoms with E-state index in [4.69, 9.17) is 5.11 Å². The Labute approximate surface area is 88.5 Å². The highest BCUT2D eigenvalue weighted by atomic mass is 16.3. The lowest BCUT2D eigenvalue weighted by Crippen LogP contribution is -2.40. The minimum absolute atomic E-state index is 0.0637. The maximum Gasteiger partial charge on any atom is 0.141 e. The SMILES string of the molecule is O=CC1c2ccccc2NCN1CCO. The summed E-state index contributed by atoms with van der Waals surface area (Å²) in [4.78, 5) is 13.0. The molecule has 15 heavy (non-hydrogen) atoms. The van der Waals surface area contributed by atoms with Crippen molar-refractivity contribution in [2.75, 3.05) is 25.1 Å². The summed E-state index contributed by atoms with van der Waals surface area (Å²) < 4.78 is 0. The number of aliphatic hydroxyl groups is 1. The molecule has 0 saturated carbocycles. The van der Waals surface area contributed by atoms with Gasteiger partial charge in [-0.15, -0.1) is 0 Å². The van der Waals surface area contributed by atoms with Crippen LogP contribution in [0.3, 0.4) is 0 Å². The number of carbonyl (C=O) groups is 1. The molecule has 1 heterocycles. The van der Waals surface area contributed by atoms with Gasteiger partial charge in [0.1, 0.15) is 6.29 Å². The Morgan fingerprint density at radius 1 is 1.53 bits per heavy atom. The number of β-amino-alcohol motifs (C(OH)–C–C–N with tert-alkyl or cyclic N) is 1. The molecule has 0 aromatic heterocycles. The first-order chi connectivity index (χ1) is 7.36. The summed E-state index contributed by atoms with van der Waals surface area (Å²) in [6.45, 7) is 1.17. The van der Waals surface area contributed by atoms with Crippen molar-refractivity contribution >= 4 is 12.0 Å². The maximum absolute atomic E-state index is 11.1. The highest BCUT2D eigenvalue weighted by molar-refractivity contribution is 5.69. The van der Waals surface area contributed by atoms with E-state index in [0.29, 0.717) is 13.2 Å². The molecular weight excluding hydrogens is 192 g/mol. The molecular formula is C11H14N2O2. The number of hydrogen-bond donors (Lipinski definition) is 2. The summed E-state index contributed by atoms with van der Waals surface area (Å²) in [6.07, 6.45) is 0.926. The first-order valence-electron chi connectivity index (χ1n) is 5.00. The van der Waals surface area contributed by atoms with Gasteiger partial charge < -0.3 is 15.2 Å². The van der Waals surface area contributed by atoms with Crippen molar-refractivity contribution in [3.63, 3.8) is 0 Å². The molecule has 2 N–H and O–H groups in total. The van der Waals surface area contributed by atoms with Crippen molar-refractivity contribution in [1.82, 2.24) is 4.90 Å². The molecule has 4 nitrogen and oxygen atoms in total. The van der Waals surface area contributed by atoms with E-state index in [1.807, 2.05) is 29.2 Å². The van der Waals surface area contributed by atoms with Crippen LogP contribution in [0.2, 0.25) is 0 Å². The van der Waals surface area contributed by atoms with E-state index in [-0.39, 0.29) is 12.6 Å². The van der Waals surface area contributed by atoms with Gasteiger partial charge in [0.2, 0.25) is 0 Å². The van der Waals surface area contributed by atoms with E-state index >= 15 is 0 Å². The molecule has 0 aliphatic carbocycles. The number of nitrogens with one attached hydrogen (secondary N) is 1. The molecule has 1 aromatic carbocycles. The summed E-state index contributed by atoms with van der Waals surface area (Å²) >= 11 is 0. The highest BCUT2D eigenvalue weighted by Gasteiger charge is 2.25. The Balaban J connectivity index is 2.30. The van der Waals surface area contributed by atoms with Gasteiger partial charge in [-0.3, -0.25) is 4.90 Å². The van der Waals surface area contributed by atoms with Crippen LogP contribution in [0.5, 0.6) is 0 Å². The Kier molecular flexibility index (Phi) is 2.99. The monoisotopic (exact) mass is 206 g/mol. The van der Waals surface area contributed by atoms with Crippen LogP contribution in [0.25, 0.3) is 0 Å². The van der Waals surface area contributed by atoms with Crippen LogP contribution in [-0.2, 0) is 4.79 Å². The van der Waals surface area contributed by atoms with Gasteiger partial charge in [0.15, 0.2) is 0 Å². The van der Waals surface area contributed by atoms with E-state index < -0.39 is 0 Å². The molecule has 80 valence electrons. The minimum Gasteiger partial charge on any atom is -0.395 e. The molecule has 1 aliphatic rings. The van der Waals surface area contributed by atoms with Crippen LogP contribution >= 0.6 is 0 Å². The third-order valence-corrected chi connectivity index (χ3v) is 2.66. The van der Waals surface area contributed by atoms with Gasteiger partial charge in [0.25, 0.3) is 0 Å². The number of para-hydroxylation sites is 1. The molecule has 0 fully saturated rings. The van der Waals surface area contributed by atoms with Crippen LogP contribution in [0.1, 0.15) is 11.6 Å². The van der Waals surface area contributed by atoms with Crippen molar-refractivity contribution in [1.29, 1.82) is 0 Å². The van der Waals surface area contributed by atoms with Crippen molar-refractivity contribution in [3.05, 3.63) is 29.8 Å². The van der Waals surface area contributed by atoms with Gasteiger partial charge in [-0.2, -0.15) is 0 Å². The second kappa shape index (κ2) is 4.42. The zero-order chi connectivity index (χ0) is 10.7. The van der Waals surface area contributed by atoms with Crippen LogP contribution in [0, 0.1) is 0 Å². The molecule has 4 heteroatoms. The van der Waals surface area contributed by atoms with Gasteiger partial charge in [-0.1, -0.05) is 18.2 Å². The lowest BCUT2D eigenvalue weighted by Gasteiger charge is -2.34. The van der Waals surface area contributed by atoms with Crippen molar-refractivity contribution in [2.24, 2.45) is 0 Å². The second-order valence-electron chi connectivity index (χ2n) is 3.54. The lowest BCUT2D eigenvalue weighted by molar-refractivity contribution is -0.112. The summed E-state index contributed by atoms with van der Waals surface area (Å²) in [5, 5.41) is 12.1. The van der Waals surface area contributed by atoms with Crippen LogP contribution < -0.4 is 5.32 Å². The van der Waals surface area contributed by atoms with E-state index in [1.54, 1.807) is 0 Å². The number of benzene rings is 1. The van der Waals surface area contributed by atoms with Crippen molar-refractivity contribution in [3.8, 4) is 0 Å². The Morgan fingerprint density at radius 2 is 2.33 bits per heavy atom. The molecule has 1 atom stereocenters. The summed E-state index contributed by atoms with van der Waals surface area (Å²) in [5.74, 6) is 0. The standard InChI is InChI=1S/C11H14N2O2/c14-6-5-13-8-12-10-4-2-1-3-9(10)11(13)7-15/h1-4,7,11-12,14H,5-6,8H2. The average molecular weight is 206 g/mol. The normalized spacial score (nSPS) is 20.5. The third kappa shape index (κ3) is 1.86. The molecule has 0 radical (unpaired) electrons. The van der Waals surface area contributed by atoms with Gasteiger partial charge in [-0.05, 0) is 11.6 Å². The fraction of sp³-hybridized carbons (Fsp3) is 0.364. The van der Waals surface area contributed by atoms with Crippen LogP contribution in [0.15, 0.2) is 24.3 Å². The Hall–Kier alpha value is -1.39. The fourth-order valence-electron chi connectivity index (χ4n) is 1.90. The maximum atomic E-state index is 11.1. The molecule has 0 amide bonds. The largest absolute Gasteiger partial charge is 0.395 e. The molecule has 1 aromatic rings. The third-order valence-electron chi connectivity index (χ3n) is 2.66. The molecule has 2 rings (SSSR count). The van der Waals surface area contributed by atoms with Crippen LogP contribution in [-0.4, -0.2) is 36.1 Å². The van der Waals surface area contributed by atoms with Crippen molar-refractivity contribution < 1.29 is 9.90 Å². The van der Waals surface area contributed by atoms with E-state index in [9.17, 15) is 4.79 Å². The van der Waals surface area contributed by atoms with E-state index in [1.165, 1.54) is 0 Å². The molecule has 0 saturated heterocycles. The minimum atomic E-state index is -0.241. The second-order valence-corrected chi connectivity index (χ2v) is 3.54. The predicted octanol–water partition coefficient (Wildman–Crippen LogP) is 0.604. The van der Waals surface area contributed by atoms with Crippen LogP contribution in [0.4, 0.5) is 5.69 Å². The number of carbonyl (C=O) groups excluding carboxylic acids is 1.